The van der Waals surface area contributed by atoms with E-state index in [9.17, 15) is 4.21 Å². The molecule has 112 valence electrons. The lowest BCUT2D eigenvalue weighted by atomic mass is 10.3. The van der Waals surface area contributed by atoms with E-state index >= 15 is 0 Å². The Labute approximate surface area is 126 Å². The second-order valence-electron chi connectivity index (χ2n) is 4.98. The maximum Gasteiger partial charge on any atom is 0.158 e. The van der Waals surface area contributed by atoms with Gasteiger partial charge in [0.25, 0.3) is 0 Å². The summed E-state index contributed by atoms with van der Waals surface area (Å²) in [7, 11) is 1.07. The first kappa shape index (κ1) is 15.5. The van der Waals surface area contributed by atoms with Gasteiger partial charge in [-0.1, -0.05) is 6.92 Å². The average Bonchev–Trinajstić information content (AvgIpc) is 2.89. The van der Waals surface area contributed by atoms with Gasteiger partial charge in [-0.05, 0) is 13.3 Å². The maximum atomic E-state index is 11.7. The Morgan fingerprint density at radius 1 is 1.45 bits per heavy atom. The SMILES string of the molecule is CCc1nn(C)c2c1nc(CCCl)n2CC(C)S(C)=O. The molecule has 0 radical (unpaired) electrons. The van der Waals surface area contributed by atoms with Gasteiger partial charge in [-0.3, -0.25) is 8.89 Å². The standard InChI is InChI=1S/C13H21ClN4OS/c1-5-10-12-13(17(3)16-10)18(8-9(2)20(4)19)11(15-12)6-7-14/h9H,5-8H2,1-4H3. The van der Waals surface area contributed by atoms with Crippen LogP contribution < -0.4 is 0 Å². The van der Waals surface area contributed by atoms with Gasteiger partial charge in [0, 0.05) is 48.2 Å². The molecule has 0 saturated heterocycles. The molecular weight excluding hydrogens is 296 g/mol. The zero-order valence-corrected chi connectivity index (χ0v) is 14.0. The molecule has 0 aromatic carbocycles. The van der Waals surface area contributed by atoms with Gasteiger partial charge in [-0.15, -0.1) is 11.6 Å². The molecule has 0 amide bonds. The molecule has 5 nitrogen and oxygen atoms in total. The Kier molecular flexibility index (Phi) is 4.86. The lowest BCUT2D eigenvalue weighted by Gasteiger charge is -2.13. The summed E-state index contributed by atoms with van der Waals surface area (Å²) >= 11 is 5.88. The molecule has 2 aromatic heterocycles. The quantitative estimate of drug-likeness (QED) is 0.765. The lowest BCUT2D eigenvalue weighted by molar-refractivity contribution is 0.618. The van der Waals surface area contributed by atoms with Crippen LogP contribution in [0.25, 0.3) is 11.2 Å². The van der Waals surface area contributed by atoms with Crippen LogP contribution in [0.15, 0.2) is 0 Å². The molecule has 0 bridgehead atoms. The zero-order valence-electron chi connectivity index (χ0n) is 12.4. The van der Waals surface area contributed by atoms with E-state index < -0.39 is 10.8 Å². The Bertz CT molecular complexity index is 634. The molecule has 0 N–H and O–H groups in total. The molecule has 0 fully saturated rings. The predicted molar refractivity (Wildman–Crippen MR) is 83.8 cm³/mol. The largest absolute Gasteiger partial charge is 0.312 e. The van der Waals surface area contributed by atoms with Gasteiger partial charge in [-0.2, -0.15) is 5.10 Å². The molecule has 2 aromatic rings. The molecule has 7 heteroatoms. The molecule has 2 unspecified atom stereocenters. The van der Waals surface area contributed by atoms with E-state index in [1.165, 1.54) is 0 Å². The second kappa shape index (κ2) is 6.26. The minimum absolute atomic E-state index is 0.0708. The van der Waals surface area contributed by atoms with Gasteiger partial charge in [0.2, 0.25) is 0 Å². The minimum atomic E-state index is -0.863. The number of hydrogen-bond acceptors (Lipinski definition) is 3. The summed E-state index contributed by atoms with van der Waals surface area (Å²) in [6, 6.07) is 0. The number of alkyl halides is 1. The van der Waals surface area contributed by atoms with Crippen LogP contribution in [0.3, 0.4) is 0 Å². The van der Waals surface area contributed by atoms with Crippen molar-refractivity contribution in [1.82, 2.24) is 19.3 Å². The third-order valence-corrected chi connectivity index (χ3v) is 5.00. The first-order valence-electron chi connectivity index (χ1n) is 6.78. The summed E-state index contributed by atoms with van der Waals surface area (Å²) in [6.07, 6.45) is 3.30. The van der Waals surface area contributed by atoms with Crippen molar-refractivity contribution in [2.75, 3.05) is 12.1 Å². The molecule has 0 saturated carbocycles. The zero-order chi connectivity index (χ0) is 14.9. The van der Waals surface area contributed by atoms with Crippen molar-refractivity contribution in [2.24, 2.45) is 7.05 Å². The smallest absolute Gasteiger partial charge is 0.158 e. The van der Waals surface area contributed by atoms with Gasteiger partial charge >= 0.3 is 0 Å². The van der Waals surface area contributed by atoms with Crippen molar-refractivity contribution in [3.63, 3.8) is 0 Å². The molecule has 20 heavy (non-hydrogen) atoms. The highest BCUT2D eigenvalue weighted by molar-refractivity contribution is 7.84. The highest BCUT2D eigenvalue weighted by atomic mass is 35.5. The first-order valence-corrected chi connectivity index (χ1v) is 8.94. The Hall–Kier alpha value is -0.880. The fraction of sp³-hybridized carbons (Fsp3) is 0.692. The topological polar surface area (TPSA) is 52.7 Å². The number of fused-ring (bicyclic) bond motifs is 1. The monoisotopic (exact) mass is 316 g/mol. The molecule has 0 aliphatic heterocycles. The summed E-state index contributed by atoms with van der Waals surface area (Å²) in [4.78, 5) is 4.70. The van der Waals surface area contributed by atoms with Gasteiger partial charge in [-0.25, -0.2) is 4.98 Å². The van der Waals surface area contributed by atoms with E-state index in [2.05, 4.69) is 16.6 Å². The number of hydrogen-bond donors (Lipinski definition) is 0. The van der Waals surface area contributed by atoms with E-state index in [1.807, 2.05) is 18.7 Å². The minimum Gasteiger partial charge on any atom is -0.312 e. The van der Waals surface area contributed by atoms with Crippen LogP contribution in [0.1, 0.15) is 25.4 Å². The fourth-order valence-corrected chi connectivity index (χ4v) is 2.88. The Balaban J connectivity index is 2.55. The van der Waals surface area contributed by atoms with Crippen molar-refractivity contribution < 1.29 is 4.21 Å². The first-order chi connectivity index (χ1) is 9.49. The molecule has 2 rings (SSSR count). The summed E-state index contributed by atoms with van der Waals surface area (Å²) in [6.45, 7) is 4.74. The number of rotatable bonds is 6. The van der Waals surface area contributed by atoms with Gasteiger partial charge < -0.3 is 4.57 Å². The van der Waals surface area contributed by atoms with Crippen LogP contribution in [0.5, 0.6) is 0 Å². The predicted octanol–water partition coefficient (Wildman–Crippen LogP) is 1.88. The molecular formula is C13H21ClN4OS. The van der Waals surface area contributed by atoms with Crippen molar-refractivity contribution >= 4 is 33.6 Å². The van der Waals surface area contributed by atoms with E-state index in [0.29, 0.717) is 18.8 Å². The second-order valence-corrected chi connectivity index (χ2v) is 7.16. The summed E-state index contributed by atoms with van der Waals surface area (Å²) in [5.41, 5.74) is 2.95. The van der Waals surface area contributed by atoms with Crippen LogP contribution in [-0.4, -0.2) is 40.9 Å². The maximum absolute atomic E-state index is 11.7. The Morgan fingerprint density at radius 2 is 2.15 bits per heavy atom. The highest BCUT2D eigenvalue weighted by Crippen LogP contribution is 2.21. The summed E-state index contributed by atoms with van der Waals surface area (Å²) in [5, 5.41) is 4.58. The number of nitrogens with zero attached hydrogens (tertiary/aromatic N) is 4. The molecule has 0 aliphatic carbocycles. The van der Waals surface area contributed by atoms with Crippen molar-refractivity contribution in [2.45, 2.75) is 38.5 Å². The van der Waals surface area contributed by atoms with Crippen LogP contribution in [-0.2, 0) is 37.2 Å². The number of halogens is 1. The normalized spacial score (nSPS) is 14.8. The van der Waals surface area contributed by atoms with Crippen LogP contribution in [0, 0.1) is 0 Å². The molecule has 0 aliphatic rings. The van der Waals surface area contributed by atoms with Crippen LogP contribution in [0.2, 0.25) is 0 Å². The fourth-order valence-electron chi connectivity index (χ4n) is 2.35. The van der Waals surface area contributed by atoms with Gasteiger partial charge in [0.05, 0.1) is 5.69 Å². The highest BCUT2D eigenvalue weighted by Gasteiger charge is 2.20. The van der Waals surface area contributed by atoms with E-state index in [1.54, 1.807) is 6.26 Å². The third-order valence-electron chi connectivity index (χ3n) is 3.53. The number of imidazole rings is 1. The molecule has 0 spiro atoms. The molecule has 2 heterocycles. The lowest BCUT2D eigenvalue weighted by Crippen LogP contribution is -2.20. The van der Waals surface area contributed by atoms with Crippen LogP contribution in [0.4, 0.5) is 0 Å². The van der Waals surface area contributed by atoms with Crippen molar-refractivity contribution in [1.29, 1.82) is 0 Å². The molecule has 2 atom stereocenters. The van der Waals surface area contributed by atoms with Crippen LogP contribution >= 0.6 is 11.6 Å². The Morgan fingerprint density at radius 3 is 2.70 bits per heavy atom. The van der Waals surface area contributed by atoms with E-state index in [4.69, 9.17) is 16.6 Å². The summed E-state index contributed by atoms with van der Waals surface area (Å²) in [5.74, 6) is 1.48. The van der Waals surface area contributed by atoms with E-state index in [0.717, 1.165) is 29.1 Å². The van der Waals surface area contributed by atoms with Crippen molar-refractivity contribution in [3.05, 3.63) is 11.5 Å². The number of aromatic nitrogens is 4. The van der Waals surface area contributed by atoms with Gasteiger partial charge in [0.15, 0.2) is 5.65 Å². The summed E-state index contributed by atoms with van der Waals surface area (Å²) < 4.78 is 15.6. The van der Waals surface area contributed by atoms with Gasteiger partial charge in [0.1, 0.15) is 11.3 Å². The average molecular weight is 317 g/mol. The van der Waals surface area contributed by atoms with E-state index in [-0.39, 0.29) is 5.25 Å². The third kappa shape index (κ3) is 2.76. The van der Waals surface area contributed by atoms with Crippen molar-refractivity contribution in [3.8, 4) is 0 Å². The number of aryl methyl sites for hydroxylation is 3.